The minimum atomic E-state index is -0.117. The molecule has 1 saturated carbocycles. The molecule has 3 rings (SSSR count). The summed E-state index contributed by atoms with van der Waals surface area (Å²) >= 11 is 0. The van der Waals surface area contributed by atoms with Gasteiger partial charge in [0.1, 0.15) is 11.6 Å². The first-order valence-corrected chi connectivity index (χ1v) is 8.16. The van der Waals surface area contributed by atoms with E-state index in [0.29, 0.717) is 18.2 Å². The van der Waals surface area contributed by atoms with E-state index in [9.17, 15) is 4.79 Å². The summed E-state index contributed by atoms with van der Waals surface area (Å²) in [5, 5.41) is 14.8. The fourth-order valence-electron chi connectivity index (χ4n) is 2.82. The summed E-state index contributed by atoms with van der Waals surface area (Å²) in [6.45, 7) is 2.01. The number of nitrogens with one attached hydrogen (secondary N) is 2. The number of carbonyl (C=O) groups is 1. The van der Waals surface area contributed by atoms with Crippen LogP contribution in [0, 0.1) is 0 Å². The van der Waals surface area contributed by atoms with Crippen LogP contribution >= 0.6 is 0 Å². The molecule has 0 saturated heterocycles. The predicted octanol–water partition coefficient (Wildman–Crippen LogP) is 2.66. The van der Waals surface area contributed by atoms with E-state index in [4.69, 9.17) is 4.74 Å². The molecule has 0 atom stereocenters. The zero-order valence-electron chi connectivity index (χ0n) is 14.3. The average molecular weight is 329 g/mol. The van der Waals surface area contributed by atoms with Gasteiger partial charge in [-0.25, -0.2) is 0 Å². The van der Waals surface area contributed by atoms with E-state index in [-0.39, 0.29) is 5.91 Å². The van der Waals surface area contributed by atoms with Gasteiger partial charge in [-0.1, -0.05) is 6.42 Å². The van der Waals surface area contributed by atoms with Crippen molar-refractivity contribution in [3.63, 3.8) is 0 Å². The van der Waals surface area contributed by atoms with Crippen molar-refractivity contribution in [2.75, 3.05) is 17.7 Å². The summed E-state index contributed by atoms with van der Waals surface area (Å²) in [4.78, 5) is 11.4. The molecule has 2 N–H and O–H groups in total. The van der Waals surface area contributed by atoms with Gasteiger partial charge in [0.2, 0.25) is 5.91 Å². The first kappa shape index (κ1) is 16.3. The van der Waals surface area contributed by atoms with Crippen molar-refractivity contribution in [1.82, 2.24) is 14.8 Å². The van der Waals surface area contributed by atoms with Gasteiger partial charge in [0.05, 0.1) is 25.0 Å². The van der Waals surface area contributed by atoms with E-state index < -0.39 is 0 Å². The molecule has 1 heterocycles. The maximum Gasteiger partial charge on any atom is 0.221 e. The van der Waals surface area contributed by atoms with Crippen molar-refractivity contribution in [2.45, 2.75) is 38.6 Å². The Balaban J connectivity index is 1.75. The van der Waals surface area contributed by atoms with Crippen LogP contribution in [0.5, 0.6) is 5.75 Å². The van der Waals surface area contributed by atoms with Crippen LogP contribution in [-0.2, 0) is 18.4 Å². The van der Waals surface area contributed by atoms with E-state index in [1.54, 1.807) is 7.11 Å². The van der Waals surface area contributed by atoms with Crippen molar-refractivity contribution in [3.8, 4) is 5.75 Å². The van der Waals surface area contributed by atoms with E-state index in [1.165, 1.54) is 26.2 Å². The Hall–Kier alpha value is -2.57. The van der Waals surface area contributed by atoms with Gasteiger partial charge in [-0.3, -0.25) is 4.79 Å². The van der Waals surface area contributed by atoms with Gasteiger partial charge < -0.3 is 19.9 Å². The summed E-state index contributed by atoms with van der Waals surface area (Å²) in [7, 11) is 3.62. The number of benzene rings is 1. The number of hydrogen-bond acceptors (Lipinski definition) is 5. The van der Waals surface area contributed by atoms with Gasteiger partial charge in [-0.05, 0) is 25.0 Å². The van der Waals surface area contributed by atoms with Crippen LogP contribution in [0.4, 0.5) is 11.4 Å². The highest BCUT2D eigenvalue weighted by atomic mass is 16.5. The molecule has 7 heteroatoms. The van der Waals surface area contributed by atoms with Crippen LogP contribution in [0.15, 0.2) is 18.2 Å². The van der Waals surface area contributed by atoms with E-state index in [2.05, 4.69) is 25.4 Å². The van der Waals surface area contributed by atoms with Gasteiger partial charge in [-0.15, -0.1) is 10.2 Å². The first-order chi connectivity index (χ1) is 11.6. The number of ether oxygens (including phenoxy) is 1. The zero-order chi connectivity index (χ0) is 17.1. The summed E-state index contributed by atoms with van der Waals surface area (Å²) in [6.07, 6.45) is 3.67. The third-order valence-electron chi connectivity index (χ3n) is 4.44. The van der Waals surface area contributed by atoms with Crippen LogP contribution in [-0.4, -0.2) is 27.8 Å². The van der Waals surface area contributed by atoms with Crippen LogP contribution in [0.2, 0.25) is 0 Å². The van der Waals surface area contributed by atoms with Gasteiger partial charge in [0.15, 0.2) is 5.82 Å². The third-order valence-corrected chi connectivity index (χ3v) is 4.44. The topological polar surface area (TPSA) is 81.1 Å². The number of carbonyl (C=O) groups excluding carboxylic acids is 1. The Bertz CT molecular complexity index is 737. The number of hydrogen-bond donors (Lipinski definition) is 2. The van der Waals surface area contributed by atoms with Gasteiger partial charge in [0, 0.05) is 26.0 Å². The van der Waals surface area contributed by atoms with Crippen LogP contribution in [0.25, 0.3) is 0 Å². The van der Waals surface area contributed by atoms with Crippen molar-refractivity contribution in [3.05, 3.63) is 29.8 Å². The molecule has 1 amide bonds. The zero-order valence-corrected chi connectivity index (χ0v) is 14.3. The quantitative estimate of drug-likeness (QED) is 0.851. The second kappa shape index (κ2) is 6.90. The maximum absolute atomic E-state index is 11.4. The number of nitrogens with zero attached hydrogens (tertiary/aromatic N) is 3. The average Bonchev–Trinajstić information content (AvgIpc) is 2.85. The van der Waals surface area contributed by atoms with E-state index in [1.807, 2.05) is 25.2 Å². The minimum Gasteiger partial charge on any atom is -0.497 e. The van der Waals surface area contributed by atoms with Crippen molar-refractivity contribution in [2.24, 2.45) is 7.05 Å². The number of amides is 1. The molecule has 2 aromatic rings. The summed E-state index contributed by atoms with van der Waals surface area (Å²) in [6, 6.07) is 5.49. The van der Waals surface area contributed by atoms with Crippen LogP contribution in [0.3, 0.4) is 0 Å². The lowest BCUT2D eigenvalue weighted by Crippen LogP contribution is -2.16. The fraction of sp³-hybridized carbons (Fsp3) is 0.471. The Kier molecular flexibility index (Phi) is 4.69. The third kappa shape index (κ3) is 3.34. The number of aromatic nitrogens is 3. The van der Waals surface area contributed by atoms with Crippen LogP contribution in [0.1, 0.15) is 43.8 Å². The standard InChI is InChI=1S/C17H23N5O2/c1-11(23)19-14-8-7-13(24-3)9-15(14)18-10-16-20-21-17(22(16)2)12-5-4-6-12/h7-9,12,18H,4-6,10H2,1-3H3,(H,19,23). The highest BCUT2D eigenvalue weighted by molar-refractivity contribution is 5.92. The second-order valence-electron chi connectivity index (χ2n) is 6.11. The molecule has 0 radical (unpaired) electrons. The summed E-state index contributed by atoms with van der Waals surface area (Å²) in [5.41, 5.74) is 1.50. The molecule has 7 nitrogen and oxygen atoms in total. The van der Waals surface area contributed by atoms with Crippen molar-refractivity contribution < 1.29 is 9.53 Å². The summed E-state index contributed by atoms with van der Waals surface area (Å²) in [5.74, 6) is 3.08. The monoisotopic (exact) mass is 329 g/mol. The highest BCUT2D eigenvalue weighted by Gasteiger charge is 2.25. The molecule has 0 bridgehead atoms. The lowest BCUT2D eigenvalue weighted by atomic mass is 9.85. The molecular weight excluding hydrogens is 306 g/mol. The number of rotatable bonds is 6. The molecule has 0 spiro atoms. The predicted molar refractivity (Wildman–Crippen MR) is 92.2 cm³/mol. The molecule has 0 aliphatic heterocycles. The Labute approximate surface area is 141 Å². The van der Waals surface area contributed by atoms with Gasteiger partial charge >= 0.3 is 0 Å². The van der Waals surface area contributed by atoms with Crippen molar-refractivity contribution in [1.29, 1.82) is 0 Å². The highest BCUT2D eigenvalue weighted by Crippen LogP contribution is 2.35. The molecular formula is C17H23N5O2. The molecule has 0 unspecified atom stereocenters. The normalized spacial score (nSPS) is 14.1. The van der Waals surface area contributed by atoms with E-state index >= 15 is 0 Å². The van der Waals surface area contributed by atoms with Gasteiger partial charge in [-0.2, -0.15) is 0 Å². The Morgan fingerprint density at radius 1 is 1.33 bits per heavy atom. The second-order valence-corrected chi connectivity index (χ2v) is 6.11. The van der Waals surface area contributed by atoms with E-state index in [0.717, 1.165) is 23.1 Å². The fourth-order valence-corrected chi connectivity index (χ4v) is 2.82. The summed E-state index contributed by atoms with van der Waals surface area (Å²) < 4.78 is 7.33. The molecule has 1 aromatic carbocycles. The molecule has 24 heavy (non-hydrogen) atoms. The van der Waals surface area contributed by atoms with Crippen LogP contribution < -0.4 is 15.4 Å². The maximum atomic E-state index is 11.4. The largest absolute Gasteiger partial charge is 0.497 e. The lowest BCUT2D eigenvalue weighted by molar-refractivity contribution is -0.114. The first-order valence-electron chi connectivity index (χ1n) is 8.16. The minimum absolute atomic E-state index is 0.117. The molecule has 1 fully saturated rings. The lowest BCUT2D eigenvalue weighted by Gasteiger charge is -2.24. The SMILES string of the molecule is COc1ccc(NC(C)=O)c(NCc2nnc(C3CCC3)n2C)c1. The Morgan fingerprint density at radius 2 is 2.12 bits per heavy atom. The number of anilines is 2. The molecule has 1 aliphatic carbocycles. The smallest absolute Gasteiger partial charge is 0.221 e. The molecule has 1 aromatic heterocycles. The van der Waals surface area contributed by atoms with Crippen molar-refractivity contribution >= 4 is 17.3 Å². The van der Waals surface area contributed by atoms with Gasteiger partial charge in [0.25, 0.3) is 0 Å². The number of methoxy groups -OCH3 is 1. The molecule has 128 valence electrons. The Morgan fingerprint density at radius 3 is 2.75 bits per heavy atom. The molecule has 1 aliphatic rings.